The summed E-state index contributed by atoms with van der Waals surface area (Å²) in [6.07, 6.45) is 7.88. The van der Waals surface area contributed by atoms with Gasteiger partial charge in [-0.2, -0.15) is 0 Å². The first-order valence-electron chi connectivity index (χ1n) is 8.75. The maximum atomic E-state index is 5.61. The maximum Gasteiger partial charge on any atom is 0.122 e. The van der Waals surface area contributed by atoms with Crippen LogP contribution in [0.5, 0.6) is 5.75 Å². The molecule has 0 radical (unpaired) electrons. The minimum atomic E-state index is 0.494. The lowest BCUT2D eigenvalue weighted by atomic mass is 9.82. The van der Waals surface area contributed by atoms with Gasteiger partial charge in [-0.15, -0.1) is 0 Å². The van der Waals surface area contributed by atoms with E-state index in [9.17, 15) is 0 Å². The molecule has 2 nitrogen and oxygen atoms in total. The Kier molecular flexibility index (Phi) is 4.84. The molecular weight excluding hydrogens is 258 g/mol. The minimum absolute atomic E-state index is 0.494. The molecule has 1 heterocycles. The molecule has 0 spiro atoms. The van der Waals surface area contributed by atoms with E-state index in [0.29, 0.717) is 6.04 Å². The van der Waals surface area contributed by atoms with Crippen molar-refractivity contribution in [3.63, 3.8) is 0 Å². The zero-order chi connectivity index (χ0) is 14.7. The van der Waals surface area contributed by atoms with Crippen molar-refractivity contribution in [1.29, 1.82) is 0 Å². The van der Waals surface area contributed by atoms with E-state index in [2.05, 4.69) is 37.4 Å². The van der Waals surface area contributed by atoms with Crippen LogP contribution < -0.4 is 10.1 Å². The van der Waals surface area contributed by atoms with Gasteiger partial charge in [0.05, 0.1) is 6.61 Å². The second-order valence-corrected chi connectivity index (χ2v) is 6.97. The molecule has 0 aromatic heterocycles. The highest BCUT2D eigenvalue weighted by Crippen LogP contribution is 2.31. The summed E-state index contributed by atoms with van der Waals surface area (Å²) in [5, 5.41) is 3.83. The molecule has 0 saturated heterocycles. The van der Waals surface area contributed by atoms with E-state index in [1.54, 1.807) is 0 Å². The Balaban J connectivity index is 1.59. The highest BCUT2D eigenvalue weighted by Gasteiger charge is 2.21. The van der Waals surface area contributed by atoms with Crippen molar-refractivity contribution in [3.05, 3.63) is 29.3 Å². The van der Waals surface area contributed by atoms with Crippen molar-refractivity contribution in [2.45, 2.75) is 58.4 Å². The zero-order valence-corrected chi connectivity index (χ0v) is 13.5. The quantitative estimate of drug-likeness (QED) is 0.861. The molecule has 1 aliphatic heterocycles. The summed E-state index contributed by atoms with van der Waals surface area (Å²) in [7, 11) is 0. The second-order valence-electron chi connectivity index (χ2n) is 6.97. The SMILES string of the molecule is CCC(NCC1CCCC(C)C1)c1ccc2c(c1)CCO2. The van der Waals surface area contributed by atoms with Gasteiger partial charge in [-0.25, -0.2) is 0 Å². The van der Waals surface area contributed by atoms with Crippen LogP contribution in [0.2, 0.25) is 0 Å². The molecule has 116 valence electrons. The topological polar surface area (TPSA) is 21.3 Å². The molecule has 3 atom stereocenters. The normalized spacial score (nSPS) is 26.2. The van der Waals surface area contributed by atoms with E-state index in [4.69, 9.17) is 4.74 Å². The Hall–Kier alpha value is -1.02. The molecule has 3 unspecified atom stereocenters. The van der Waals surface area contributed by atoms with Crippen molar-refractivity contribution in [3.8, 4) is 5.75 Å². The Morgan fingerprint density at radius 2 is 2.24 bits per heavy atom. The second kappa shape index (κ2) is 6.83. The molecule has 21 heavy (non-hydrogen) atoms. The number of benzene rings is 1. The standard InChI is InChI=1S/C19H29NO/c1-3-18(20-13-15-6-4-5-14(2)11-15)16-7-8-19-17(12-16)9-10-21-19/h7-8,12,14-15,18,20H,3-6,9-11,13H2,1-2H3. The Bertz CT molecular complexity index is 471. The number of hydrogen-bond acceptors (Lipinski definition) is 2. The Morgan fingerprint density at radius 3 is 3.05 bits per heavy atom. The molecule has 1 saturated carbocycles. The number of nitrogens with one attached hydrogen (secondary N) is 1. The van der Waals surface area contributed by atoms with Crippen molar-refractivity contribution < 1.29 is 4.74 Å². The van der Waals surface area contributed by atoms with E-state index < -0.39 is 0 Å². The molecule has 3 rings (SSSR count). The van der Waals surface area contributed by atoms with Gasteiger partial charge < -0.3 is 10.1 Å². The van der Waals surface area contributed by atoms with Gasteiger partial charge in [-0.05, 0) is 54.8 Å². The molecule has 2 heteroatoms. The van der Waals surface area contributed by atoms with E-state index in [1.807, 2.05) is 0 Å². The highest BCUT2D eigenvalue weighted by atomic mass is 16.5. The molecule has 2 aliphatic rings. The van der Waals surface area contributed by atoms with E-state index in [0.717, 1.165) is 37.0 Å². The molecule has 1 aromatic rings. The summed E-state index contributed by atoms with van der Waals surface area (Å²) in [5.74, 6) is 2.89. The summed E-state index contributed by atoms with van der Waals surface area (Å²) >= 11 is 0. The lowest BCUT2D eigenvalue weighted by Gasteiger charge is -2.29. The predicted molar refractivity (Wildman–Crippen MR) is 87.8 cm³/mol. The highest BCUT2D eigenvalue weighted by molar-refractivity contribution is 5.40. The van der Waals surface area contributed by atoms with Gasteiger partial charge in [0.15, 0.2) is 0 Å². The van der Waals surface area contributed by atoms with Gasteiger partial charge >= 0.3 is 0 Å². The first-order chi connectivity index (χ1) is 10.3. The molecular formula is C19H29NO. The van der Waals surface area contributed by atoms with Gasteiger partial charge in [0, 0.05) is 12.5 Å². The van der Waals surface area contributed by atoms with Crippen LogP contribution in [0.3, 0.4) is 0 Å². The molecule has 1 aromatic carbocycles. The Morgan fingerprint density at radius 1 is 1.33 bits per heavy atom. The molecule has 0 bridgehead atoms. The van der Waals surface area contributed by atoms with Crippen molar-refractivity contribution in [2.75, 3.05) is 13.2 Å². The summed E-state index contributed by atoms with van der Waals surface area (Å²) in [6, 6.07) is 7.25. The largest absolute Gasteiger partial charge is 0.493 e. The molecule has 1 N–H and O–H groups in total. The number of rotatable bonds is 5. The molecule has 0 amide bonds. The zero-order valence-electron chi connectivity index (χ0n) is 13.5. The third-order valence-corrected chi connectivity index (χ3v) is 5.22. The molecule has 1 aliphatic carbocycles. The van der Waals surface area contributed by atoms with Crippen molar-refractivity contribution in [2.24, 2.45) is 11.8 Å². The first kappa shape index (κ1) is 14.9. The van der Waals surface area contributed by atoms with Gasteiger partial charge in [0.1, 0.15) is 5.75 Å². The maximum absolute atomic E-state index is 5.61. The summed E-state index contributed by atoms with van der Waals surface area (Å²) in [4.78, 5) is 0. The lowest BCUT2D eigenvalue weighted by Crippen LogP contribution is -2.29. The van der Waals surface area contributed by atoms with E-state index >= 15 is 0 Å². The fourth-order valence-corrected chi connectivity index (χ4v) is 3.98. The van der Waals surface area contributed by atoms with Crippen molar-refractivity contribution >= 4 is 0 Å². The summed E-state index contributed by atoms with van der Waals surface area (Å²) < 4.78 is 5.61. The van der Waals surface area contributed by atoms with Crippen LogP contribution in [-0.4, -0.2) is 13.2 Å². The summed E-state index contributed by atoms with van der Waals surface area (Å²) in [6.45, 7) is 6.72. The van der Waals surface area contributed by atoms with Crippen LogP contribution in [0.15, 0.2) is 18.2 Å². The third-order valence-electron chi connectivity index (χ3n) is 5.22. The van der Waals surface area contributed by atoms with Gasteiger partial charge in [0.2, 0.25) is 0 Å². The van der Waals surface area contributed by atoms with E-state index in [-0.39, 0.29) is 0 Å². The number of hydrogen-bond donors (Lipinski definition) is 1. The minimum Gasteiger partial charge on any atom is -0.493 e. The van der Waals surface area contributed by atoms with Crippen molar-refractivity contribution in [1.82, 2.24) is 5.32 Å². The van der Waals surface area contributed by atoms with Crippen LogP contribution in [0, 0.1) is 11.8 Å². The third kappa shape index (κ3) is 3.60. The predicted octanol–water partition coefficient (Wildman–Crippen LogP) is 4.49. The van der Waals surface area contributed by atoms with E-state index in [1.165, 1.54) is 43.4 Å². The fraction of sp³-hybridized carbons (Fsp3) is 0.684. The average Bonchev–Trinajstić information content (AvgIpc) is 2.95. The van der Waals surface area contributed by atoms with Crippen LogP contribution in [0.1, 0.15) is 63.1 Å². The van der Waals surface area contributed by atoms with Crippen LogP contribution >= 0.6 is 0 Å². The fourth-order valence-electron chi connectivity index (χ4n) is 3.98. The average molecular weight is 287 g/mol. The smallest absolute Gasteiger partial charge is 0.122 e. The Labute approximate surface area is 129 Å². The van der Waals surface area contributed by atoms with Gasteiger partial charge in [-0.3, -0.25) is 0 Å². The van der Waals surface area contributed by atoms with Crippen LogP contribution in [0.25, 0.3) is 0 Å². The monoisotopic (exact) mass is 287 g/mol. The lowest BCUT2D eigenvalue weighted by molar-refractivity contribution is 0.266. The first-order valence-corrected chi connectivity index (χ1v) is 8.75. The molecule has 1 fully saturated rings. The van der Waals surface area contributed by atoms with Gasteiger partial charge in [-0.1, -0.05) is 38.8 Å². The number of fused-ring (bicyclic) bond motifs is 1. The van der Waals surface area contributed by atoms with Gasteiger partial charge in [0.25, 0.3) is 0 Å². The van der Waals surface area contributed by atoms with Crippen LogP contribution in [-0.2, 0) is 6.42 Å². The van der Waals surface area contributed by atoms with Crippen LogP contribution in [0.4, 0.5) is 0 Å². The number of ether oxygens (including phenoxy) is 1. The summed E-state index contributed by atoms with van der Waals surface area (Å²) in [5.41, 5.74) is 2.82.